The van der Waals surface area contributed by atoms with Crippen molar-refractivity contribution in [1.29, 1.82) is 5.41 Å². The number of benzene rings is 1. The lowest BCUT2D eigenvalue weighted by Crippen LogP contribution is -2.71. The van der Waals surface area contributed by atoms with Gasteiger partial charge in [0.2, 0.25) is 5.91 Å². The minimum Gasteiger partial charge on any atom is -0.503 e. The number of quaternary nitrogens is 1. The standard InChI is InChI=1S/C21H28N4O2/c1-20(2,3)13-7-9-15(22)17(11-13)25-24-16-10-8-14(12-18(16)26)23-19(27)21(4,5)6/h7-12,22,24,26H,1-6H3,(H,23,27)/p+1. The summed E-state index contributed by atoms with van der Waals surface area (Å²) in [6.07, 6.45) is 5.57. The van der Waals surface area contributed by atoms with E-state index in [-0.39, 0.29) is 17.1 Å². The van der Waals surface area contributed by atoms with Gasteiger partial charge in [0.1, 0.15) is 5.71 Å². The molecule has 0 radical (unpaired) electrons. The van der Waals surface area contributed by atoms with Gasteiger partial charge in [0.25, 0.3) is 0 Å². The van der Waals surface area contributed by atoms with Crippen LogP contribution in [0.1, 0.15) is 41.5 Å². The molecule has 0 atom stereocenters. The van der Waals surface area contributed by atoms with E-state index in [1.165, 1.54) is 11.5 Å². The summed E-state index contributed by atoms with van der Waals surface area (Å²) in [7, 11) is 0. The fraction of sp³-hybridized carbons (Fsp3) is 0.381. The topological polar surface area (TPSA) is 102 Å². The van der Waals surface area contributed by atoms with Crippen LogP contribution in [0.5, 0.6) is 5.75 Å². The Morgan fingerprint density at radius 1 is 1.15 bits per heavy atom. The maximum Gasteiger partial charge on any atom is 0.229 e. The first kappa shape index (κ1) is 20.6. The average Bonchev–Trinajstić information content (AvgIpc) is 2.53. The maximum absolute atomic E-state index is 12.1. The van der Waals surface area contributed by atoms with Crippen molar-refractivity contribution in [2.24, 2.45) is 15.9 Å². The zero-order chi connectivity index (χ0) is 20.4. The largest absolute Gasteiger partial charge is 0.503 e. The molecule has 0 fully saturated rings. The van der Waals surface area contributed by atoms with Crippen molar-refractivity contribution in [3.63, 3.8) is 0 Å². The number of nitrogens with one attached hydrogen (secondary N) is 2. The summed E-state index contributed by atoms with van der Waals surface area (Å²) in [5.74, 6) is -0.106. The molecule has 0 aromatic heterocycles. The van der Waals surface area contributed by atoms with Crippen molar-refractivity contribution >= 4 is 28.7 Å². The van der Waals surface area contributed by atoms with E-state index in [9.17, 15) is 9.90 Å². The van der Waals surface area contributed by atoms with Crippen LogP contribution in [0.2, 0.25) is 0 Å². The molecule has 5 N–H and O–H groups in total. The van der Waals surface area contributed by atoms with E-state index in [2.05, 4.69) is 31.2 Å². The third kappa shape index (κ3) is 5.37. The smallest absolute Gasteiger partial charge is 0.229 e. The van der Waals surface area contributed by atoms with Crippen molar-refractivity contribution in [2.75, 3.05) is 5.32 Å². The van der Waals surface area contributed by atoms with Crippen LogP contribution in [0.4, 0.5) is 11.4 Å². The summed E-state index contributed by atoms with van der Waals surface area (Å²) in [6, 6.07) is 4.91. The van der Waals surface area contributed by atoms with Gasteiger partial charge in [-0.2, -0.15) is 5.43 Å². The zero-order valence-electron chi connectivity index (χ0n) is 16.8. The molecule has 0 aliphatic heterocycles. The molecule has 27 heavy (non-hydrogen) atoms. The van der Waals surface area contributed by atoms with Crippen molar-refractivity contribution in [3.05, 3.63) is 42.0 Å². The van der Waals surface area contributed by atoms with Crippen LogP contribution in [-0.4, -0.2) is 22.4 Å². The summed E-state index contributed by atoms with van der Waals surface area (Å²) < 4.78 is 0. The first-order valence-corrected chi connectivity index (χ1v) is 8.92. The Kier molecular flexibility index (Phi) is 5.70. The number of hydrogen-bond acceptors (Lipinski definition) is 4. The molecule has 0 saturated carbocycles. The molecule has 0 bridgehead atoms. The summed E-state index contributed by atoms with van der Waals surface area (Å²) in [5.41, 5.74) is 4.00. The van der Waals surface area contributed by atoms with Crippen molar-refractivity contribution in [3.8, 4) is 5.75 Å². The van der Waals surface area contributed by atoms with E-state index < -0.39 is 5.41 Å². The lowest BCUT2D eigenvalue weighted by atomic mass is 9.83. The third-order valence-corrected chi connectivity index (χ3v) is 4.18. The van der Waals surface area contributed by atoms with Crippen LogP contribution in [-0.2, 0) is 4.79 Å². The Balaban J connectivity index is 2.17. The molecule has 1 amide bonds. The predicted octanol–water partition coefficient (Wildman–Crippen LogP) is 3.49. The summed E-state index contributed by atoms with van der Waals surface area (Å²) in [4.78, 5) is 12.1. The highest BCUT2D eigenvalue weighted by Crippen LogP contribution is 2.28. The molecule has 0 spiro atoms. The summed E-state index contributed by atoms with van der Waals surface area (Å²) in [6.45, 7) is 11.8. The Hall–Kier alpha value is -2.73. The molecule has 0 saturated heterocycles. The van der Waals surface area contributed by atoms with E-state index in [0.29, 0.717) is 22.8 Å². The molecule has 1 aromatic rings. The van der Waals surface area contributed by atoms with E-state index in [4.69, 9.17) is 5.41 Å². The van der Waals surface area contributed by atoms with Gasteiger partial charge in [0, 0.05) is 23.2 Å². The number of phenolic OH excluding ortho intramolecular Hbond substituents is 1. The molecule has 1 aromatic carbocycles. The highest BCUT2D eigenvalue weighted by molar-refractivity contribution is 6.50. The fourth-order valence-corrected chi connectivity index (χ4v) is 2.29. The van der Waals surface area contributed by atoms with Crippen LogP contribution in [0.25, 0.3) is 0 Å². The van der Waals surface area contributed by atoms with Gasteiger partial charge < -0.3 is 10.4 Å². The second-order valence-corrected chi connectivity index (χ2v) is 8.72. The van der Waals surface area contributed by atoms with Crippen LogP contribution in [0.3, 0.4) is 0 Å². The van der Waals surface area contributed by atoms with Gasteiger partial charge in [0.05, 0.1) is 5.71 Å². The monoisotopic (exact) mass is 369 g/mol. The fourth-order valence-electron chi connectivity index (χ4n) is 2.29. The highest BCUT2D eigenvalue weighted by Gasteiger charge is 2.22. The minimum atomic E-state index is -0.516. The molecule has 0 heterocycles. The van der Waals surface area contributed by atoms with Crippen LogP contribution >= 0.6 is 0 Å². The van der Waals surface area contributed by atoms with Gasteiger partial charge in [-0.25, -0.2) is 0 Å². The number of rotatable bonds is 3. The van der Waals surface area contributed by atoms with Gasteiger partial charge >= 0.3 is 0 Å². The van der Waals surface area contributed by atoms with Gasteiger partial charge in [-0.05, 0) is 29.2 Å². The quantitative estimate of drug-likeness (QED) is 0.215. The van der Waals surface area contributed by atoms with Crippen molar-refractivity contribution in [1.82, 2.24) is 0 Å². The SMILES string of the molecule is CC(C)(C)C(=O)Nc1ccc([NH2+]N=C2C=C(C(C)(C)C)C=CC2=N)c(O)c1. The average molecular weight is 369 g/mol. The Morgan fingerprint density at radius 2 is 1.81 bits per heavy atom. The third-order valence-electron chi connectivity index (χ3n) is 4.18. The van der Waals surface area contributed by atoms with Crippen LogP contribution in [0.15, 0.2) is 47.1 Å². The molecular formula is C21H29N4O2+. The first-order valence-electron chi connectivity index (χ1n) is 8.92. The number of carbonyl (C=O) groups excluding carboxylic acids is 1. The Labute approximate surface area is 160 Å². The maximum atomic E-state index is 12.1. The molecule has 0 unspecified atom stereocenters. The van der Waals surface area contributed by atoms with E-state index in [0.717, 1.165) is 5.57 Å². The molecule has 1 aliphatic carbocycles. The Bertz CT molecular complexity index is 850. The summed E-state index contributed by atoms with van der Waals surface area (Å²) >= 11 is 0. The first-order chi connectivity index (χ1) is 12.4. The number of nitrogens with zero attached hydrogens (tertiary/aromatic N) is 1. The number of aromatic hydroxyl groups is 1. The molecule has 1 aliphatic rings. The van der Waals surface area contributed by atoms with Gasteiger partial charge in [0.15, 0.2) is 11.4 Å². The highest BCUT2D eigenvalue weighted by atomic mass is 16.3. The zero-order valence-corrected chi connectivity index (χ0v) is 16.8. The number of allylic oxidation sites excluding steroid dienone is 4. The van der Waals surface area contributed by atoms with E-state index in [1.54, 1.807) is 18.2 Å². The Morgan fingerprint density at radius 3 is 2.37 bits per heavy atom. The van der Waals surface area contributed by atoms with Crippen molar-refractivity contribution < 1.29 is 15.3 Å². The lowest BCUT2D eigenvalue weighted by molar-refractivity contribution is -0.577. The van der Waals surface area contributed by atoms with E-state index in [1.807, 2.05) is 32.9 Å². The van der Waals surface area contributed by atoms with Gasteiger partial charge in [-0.15, -0.1) is 0 Å². The molecule has 2 rings (SSSR count). The molecule has 6 nitrogen and oxygen atoms in total. The number of nitrogens with two attached hydrogens (primary N) is 1. The van der Waals surface area contributed by atoms with Crippen LogP contribution in [0, 0.1) is 16.2 Å². The number of anilines is 1. The van der Waals surface area contributed by atoms with E-state index >= 15 is 0 Å². The van der Waals surface area contributed by atoms with Gasteiger partial charge in [-0.1, -0.05) is 52.7 Å². The number of phenols is 1. The summed E-state index contributed by atoms with van der Waals surface area (Å²) in [5, 5.41) is 25.5. The second-order valence-electron chi connectivity index (χ2n) is 8.72. The predicted molar refractivity (Wildman–Crippen MR) is 110 cm³/mol. The van der Waals surface area contributed by atoms with Crippen LogP contribution < -0.4 is 10.7 Å². The minimum absolute atomic E-state index is 0.0176. The normalized spacial score (nSPS) is 16.4. The van der Waals surface area contributed by atoms with Gasteiger partial charge in [-0.3, -0.25) is 10.2 Å². The number of carbonyl (C=O) groups is 1. The molecule has 144 valence electrons. The molecule has 6 heteroatoms. The second kappa shape index (κ2) is 7.48. The number of hydrogen-bond donors (Lipinski definition) is 4. The number of amides is 1. The van der Waals surface area contributed by atoms with Crippen molar-refractivity contribution in [2.45, 2.75) is 41.5 Å². The molecular weight excluding hydrogens is 340 g/mol. The lowest BCUT2D eigenvalue weighted by Gasteiger charge is -2.22.